The van der Waals surface area contributed by atoms with E-state index in [1.165, 1.54) is 18.3 Å². The molecule has 2 rings (SSSR count). The first-order chi connectivity index (χ1) is 10.5. The Morgan fingerprint density at radius 3 is 2.68 bits per heavy atom. The van der Waals surface area contributed by atoms with Crippen molar-refractivity contribution in [3.8, 4) is 0 Å². The minimum absolute atomic E-state index is 0.00501. The van der Waals surface area contributed by atoms with Crippen LogP contribution < -0.4 is 10.9 Å². The summed E-state index contributed by atoms with van der Waals surface area (Å²) < 4.78 is 0. The number of nitrogens with one attached hydrogen (secondary N) is 2. The summed E-state index contributed by atoms with van der Waals surface area (Å²) in [6, 6.07) is 10.4. The van der Waals surface area contributed by atoms with Crippen LogP contribution in [0, 0.1) is 0 Å². The third-order valence-corrected chi connectivity index (χ3v) is 3.59. The fourth-order valence-corrected chi connectivity index (χ4v) is 2.35. The lowest BCUT2D eigenvalue weighted by atomic mass is 10.1. The molecule has 1 unspecified atom stereocenters. The second-order valence-corrected chi connectivity index (χ2v) is 5.62. The van der Waals surface area contributed by atoms with Gasteiger partial charge in [-0.2, -0.15) is 0 Å². The molecule has 1 aromatic heterocycles. The van der Waals surface area contributed by atoms with Gasteiger partial charge >= 0.3 is 0 Å². The van der Waals surface area contributed by atoms with E-state index in [9.17, 15) is 9.59 Å². The average molecular weight is 320 g/mol. The molecule has 2 N–H and O–H groups in total. The molecule has 0 bridgehead atoms. The number of carbonyl (C=O) groups excluding carboxylic acids is 1. The highest BCUT2D eigenvalue weighted by molar-refractivity contribution is 6.30. The van der Waals surface area contributed by atoms with Crippen LogP contribution in [0.3, 0.4) is 0 Å². The van der Waals surface area contributed by atoms with Gasteiger partial charge in [-0.1, -0.05) is 23.7 Å². The first-order valence-corrected chi connectivity index (χ1v) is 7.24. The van der Waals surface area contributed by atoms with E-state index in [2.05, 4.69) is 10.3 Å². The predicted octanol–water partition coefficient (Wildman–Crippen LogP) is 2.06. The fraction of sp³-hybridized carbons (Fsp3) is 0.250. The van der Waals surface area contributed by atoms with Crippen LogP contribution in [0.4, 0.5) is 0 Å². The first kappa shape index (κ1) is 16.3. The molecule has 0 aliphatic heterocycles. The number of rotatable bonds is 5. The molecule has 0 aliphatic rings. The summed E-state index contributed by atoms with van der Waals surface area (Å²) in [5.41, 5.74) is 1.21. The van der Waals surface area contributed by atoms with E-state index in [0.29, 0.717) is 17.1 Å². The molecular weight excluding hydrogens is 302 g/mol. The molecule has 0 fully saturated rings. The number of amides is 1. The molecule has 0 aliphatic carbocycles. The van der Waals surface area contributed by atoms with Crippen molar-refractivity contribution >= 4 is 17.5 Å². The first-order valence-electron chi connectivity index (χ1n) is 6.86. The van der Waals surface area contributed by atoms with Gasteiger partial charge in [-0.3, -0.25) is 9.59 Å². The molecule has 1 aromatic carbocycles. The van der Waals surface area contributed by atoms with Gasteiger partial charge in [0.25, 0.3) is 5.91 Å². The van der Waals surface area contributed by atoms with Gasteiger partial charge in [0.2, 0.25) is 5.56 Å². The molecule has 6 heteroatoms. The minimum atomic E-state index is -0.235. The van der Waals surface area contributed by atoms with E-state index in [4.69, 9.17) is 11.6 Å². The smallest absolute Gasteiger partial charge is 0.252 e. The highest BCUT2D eigenvalue weighted by Gasteiger charge is 2.16. The molecule has 0 spiro atoms. The van der Waals surface area contributed by atoms with Crippen molar-refractivity contribution in [3.05, 3.63) is 69.1 Å². The van der Waals surface area contributed by atoms with Crippen LogP contribution in [0.1, 0.15) is 22.0 Å². The topological polar surface area (TPSA) is 65.2 Å². The Balaban J connectivity index is 2.07. The van der Waals surface area contributed by atoms with Crippen molar-refractivity contribution in [2.75, 3.05) is 20.6 Å². The molecule has 22 heavy (non-hydrogen) atoms. The summed E-state index contributed by atoms with van der Waals surface area (Å²) >= 11 is 6.03. The Hall–Kier alpha value is -2.11. The minimum Gasteiger partial charge on any atom is -0.350 e. The van der Waals surface area contributed by atoms with Crippen molar-refractivity contribution in [2.24, 2.45) is 0 Å². The van der Waals surface area contributed by atoms with Crippen molar-refractivity contribution in [3.63, 3.8) is 0 Å². The number of hydrogen-bond donors (Lipinski definition) is 2. The standard InChI is InChI=1S/C16H18ClN3O2/c1-20(2)14(11-4-3-5-13(17)8-11)10-19-16(22)12-6-7-15(21)18-9-12/h3-9,14H,10H2,1-2H3,(H,18,21)(H,19,22). The van der Waals surface area contributed by atoms with E-state index in [1.54, 1.807) is 0 Å². The van der Waals surface area contributed by atoms with Gasteiger partial charge in [-0.05, 0) is 37.9 Å². The summed E-state index contributed by atoms with van der Waals surface area (Å²) in [5, 5.41) is 3.54. The zero-order valence-electron chi connectivity index (χ0n) is 12.5. The number of halogens is 1. The maximum Gasteiger partial charge on any atom is 0.252 e. The Kier molecular flexibility index (Phi) is 5.35. The highest BCUT2D eigenvalue weighted by Crippen LogP contribution is 2.21. The summed E-state index contributed by atoms with van der Waals surface area (Å²) in [6.45, 7) is 0.436. The zero-order valence-corrected chi connectivity index (χ0v) is 13.2. The number of nitrogens with zero attached hydrogens (tertiary/aromatic N) is 1. The molecule has 0 saturated carbocycles. The molecular formula is C16H18ClN3O2. The number of aromatic nitrogens is 1. The van der Waals surface area contributed by atoms with Crippen LogP contribution in [0.15, 0.2) is 47.4 Å². The molecule has 0 radical (unpaired) electrons. The molecule has 0 saturated heterocycles. The third kappa shape index (κ3) is 4.19. The number of carbonyl (C=O) groups is 1. The Bertz CT molecular complexity index is 692. The van der Waals surface area contributed by atoms with Gasteiger partial charge in [0, 0.05) is 23.8 Å². The Morgan fingerprint density at radius 2 is 2.09 bits per heavy atom. The SMILES string of the molecule is CN(C)C(CNC(=O)c1ccc(=O)[nH]c1)c1cccc(Cl)c1. The van der Waals surface area contributed by atoms with Crippen molar-refractivity contribution in [1.29, 1.82) is 0 Å². The van der Waals surface area contributed by atoms with Crippen LogP contribution in [-0.4, -0.2) is 36.4 Å². The highest BCUT2D eigenvalue weighted by atomic mass is 35.5. The number of pyridine rings is 1. The van der Waals surface area contributed by atoms with Crippen molar-refractivity contribution in [1.82, 2.24) is 15.2 Å². The second-order valence-electron chi connectivity index (χ2n) is 5.19. The van der Waals surface area contributed by atoms with E-state index in [-0.39, 0.29) is 17.5 Å². The summed E-state index contributed by atoms with van der Waals surface area (Å²) in [7, 11) is 3.88. The Labute approximate surface area is 133 Å². The summed E-state index contributed by atoms with van der Waals surface area (Å²) in [4.78, 5) is 27.6. The van der Waals surface area contributed by atoms with Crippen LogP contribution in [-0.2, 0) is 0 Å². The molecule has 1 heterocycles. The lowest BCUT2D eigenvalue weighted by Gasteiger charge is -2.25. The predicted molar refractivity (Wildman–Crippen MR) is 87.3 cm³/mol. The lowest BCUT2D eigenvalue weighted by Crippen LogP contribution is -2.34. The van der Waals surface area contributed by atoms with Crippen LogP contribution >= 0.6 is 11.6 Å². The molecule has 1 atom stereocenters. The maximum atomic E-state index is 12.1. The molecule has 2 aromatic rings. The summed E-state index contributed by atoms with van der Waals surface area (Å²) in [6.07, 6.45) is 1.40. The normalized spacial score (nSPS) is 12.2. The van der Waals surface area contributed by atoms with Gasteiger partial charge in [0.15, 0.2) is 0 Å². The lowest BCUT2D eigenvalue weighted by molar-refractivity contribution is 0.0941. The van der Waals surface area contributed by atoms with Gasteiger partial charge in [-0.25, -0.2) is 0 Å². The van der Waals surface area contributed by atoms with Crippen molar-refractivity contribution < 1.29 is 4.79 Å². The van der Waals surface area contributed by atoms with Crippen LogP contribution in [0.5, 0.6) is 0 Å². The number of likely N-dealkylation sites (N-methyl/N-ethyl adjacent to an activating group) is 1. The van der Waals surface area contributed by atoms with E-state index in [0.717, 1.165) is 5.56 Å². The van der Waals surface area contributed by atoms with E-state index < -0.39 is 0 Å². The quantitative estimate of drug-likeness (QED) is 0.886. The van der Waals surface area contributed by atoms with Gasteiger partial charge < -0.3 is 15.2 Å². The van der Waals surface area contributed by atoms with Gasteiger partial charge in [0.1, 0.15) is 0 Å². The number of aromatic amines is 1. The Morgan fingerprint density at radius 1 is 1.32 bits per heavy atom. The molecule has 1 amide bonds. The molecule has 5 nitrogen and oxygen atoms in total. The largest absolute Gasteiger partial charge is 0.350 e. The van der Waals surface area contributed by atoms with Crippen LogP contribution in [0.25, 0.3) is 0 Å². The number of benzene rings is 1. The van der Waals surface area contributed by atoms with E-state index in [1.807, 2.05) is 43.3 Å². The van der Waals surface area contributed by atoms with Gasteiger partial charge in [-0.15, -0.1) is 0 Å². The fourth-order valence-electron chi connectivity index (χ4n) is 2.16. The monoisotopic (exact) mass is 319 g/mol. The van der Waals surface area contributed by atoms with Gasteiger partial charge in [0.05, 0.1) is 11.6 Å². The zero-order chi connectivity index (χ0) is 16.1. The third-order valence-electron chi connectivity index (χ3n) is 3.36. The number of H-pyrrole nitrogens is 1. The average Bonchev–Trinajstić information content (AvgIpc) is 2.47. The summed E-state index contributed by atoms with van der Waals surface area (Å²) in [5.74, 6) is -0.231. The second kappa shape index (κ2) is 7.24. The molecule has 116 valence electrons. The van der Waals surface area contributed by atoms with Crippen LogP contribution in [0.2, 0.25) is 5.02 Å². The van der Waals surface area contributed by atoms with Crippen molar-refractivity contribution in [2.45, 2.75) is 6.04 Å². The number of hydrogen-bond acceptors (Lipinski definition) is 3. The maximum absolute atomic E-state index is 12.1. The van der Waals surface area contributed by atoms with E-state index >= 15 is 0 Å².